The highest BCUT2D eigenvalue weighted by Gasteiger charge is 2.43. The van der Waals surface area contributed by atoms with Gasteiger partial charge in [0.2, 0.25) is 0 Å². The Kier molecular flexibility index (Phi) is 3.79. The van der Waals surface area contributed by atoms with Crippen molar-refractivity contribution in [1.82, 2.24) is 4.90 Å². The summed E-state index contributed by atoms with van der Waals surface area (Å²) in [6.45, 7) is 9.81. The largest absolute Gasteiger partial charge is 0.385 e. The Morgan fingerprint density at radius 3 is 2.39 bits per heavy atom. The Morgan fingerprint density at radius 2 is 1.83 bits per heavy atom. The molecule has 3 unspecified atom stereocenters. The van der Waals surface area contributed by atoms with Gasteiger partial charge in [-0.15, -0.1) is 0 Å². The third-order valence-corrected chi connectivity index (χ3v) is 4.41. The fraction of sp³-hybridized carbons (Fsp3) is 0.625. The lowest BCUT2D eigenvalue weighted by Gasteiger charge is -2.48. The van der Waals surface area contributed by atoms with E-state index in [4.69, 9.17) is 0 Å². The zero-order chi connectivity index (χ0) is 13.3. The van der Waals surface area contributed by atoms with Gasteiger partial charge in [0.25, 0.3) is 0 Å². The van der Waals surface area contributed by atoms with E-state index in [-0.39, 0.29) is 5.92 Å². The number of benzene rings is 1. The summed E-state index contributed by atoms with van der Waals surface area (Å²) in [6, 6.07) is 11.1. The van der Waals surface area contributed by atoms with Crippen LogP contribution in [-0.4, -0.2) is 28.6 Å². The van der Waals surface area contributed by atoms with Crippen LogP contribution in [0.25, 0.3) is 0 Å². The highest BCUT2D eigenvalue weighted by atomic mass is 16.3. The number of nitrogens with zero attached hydrogens (tertiary/aromatic N) is 1. The van der Waals surface area contributed by atoms with Crippen molar-refractivity contribution < 1.29 is 5.11 Å². The Balaban J connectivity index is 2.26. The van der Waals surface area contributed by atoms with Crippen LogP contribution in [0.3, 0.4) is 0 Å². The van der Waals surface area contributed by atoms with Crippen LogP contribution in [0.2, 0.25) is 0 Å². The number of rotatable bonds is 2. The molecule has 1 saturated heterocycles. The van der Waals surface area contributed by atoms with Crippen molar-refractivity contribution in [2.75, 3.05) is 6.54 Å². The highest BCUT2D eigenvalue weighted by molar-refractivity contribution is 5.24. The average Bonchev–Trinajstić information content (AvgIpc) is 2.34. The molecule has 3 atom stereocenters. The zero-order valence-corrected chi connectivity index (χ0v) is 11.9. The molecule has 100 valence electrons. The number of hydrogen-bond acceptors (Lipinski definition) is 2. The Bertz CT molecular complexity index is 389. The summed E-state index contributed by atoms with van der Waals surface area (Å²) in [5.41, 5.74) is 0.388. The maximum Gasteiger partial charge on any atom is 0.0948 e. The lowest BCUT2D eigenvalue weighted by Crippen LogP contribution is -2.55. The molecule has 1 heterocycles. The summed E-state index contributed by atoms with van der Waals surface area (Å²) < 4.78 is 0. The predicted octanol–water partition coefficient (Wildman–Crippen LogP) is 3.01. The van der Waals surface area contributed by atoms with E-state index < -0.39 is 5.60 Å². The van der Waals surface area contributed by atoms with E-state index in [1.807, 2.05) is 30.3 Å². The predicted molar refractivity (Wildman–Crippen MR) is 75.4 cm³/mol. The van der Waals surface area contributed by atoms with Crippen molar-refractivity contribution in [3.05, 3.63) is 35.9 Å². The molecular formula is C16H25NO. The summed E-state index contributed by atoms with van der Waals surface area (Å²) in [5.74, 6) is 0.262. The number of aliphatic hydroxyl groups is 1. The van der Waals surface area contributed by atoms with Gasteiger partial charge in [0.15, 0.2) is 0 Å². The number of piperidine rings is 1. The molecule has 2 rings (SSSR count). The van der Waals surface area contributed by atoms with Crippen LogP contribution in [-0.2, 0) is 5.60 Å². The van der Waals surface area contributed by atoms with E-state index in [0.29, 0.717) is 12.1 Å². The third-order valence-electron chi connectivity index (χ3n) is 4.41. The molecule has 0 radical (unpaired) electrons. The van der Waals surface area contributed by atoms with Gasteiger partial charge in [-0.1, -0.05) is 37.3 Å². The van der Waals surface area contributed by atoms with Gasteiger partial charge in [-0.2, -0.15) is 0 Å². The monoisotopic (exact) mass is 247 g/mol. The van der Waals surface area contributed by atoms with Crippen molar-refractivity contribution in [3.63, 3.8) is 0 Å². The van der Waals surface area contributed by atoms with Gasteiger partial charge in [0.1, 0.15) is 0 Å². The summed E-state index contributed by atoms with van der Waals surface area (Å²) in [5, 5.41) is 11.1. The van der Waals surface area contributed by atoms with E-state index in [0.717, 1.165) is 18.5 Å². The molecule has 1 aliphatic rings. The number of hydrogen-bond donors (Lipinski definition) is 1. The molecular weight excluding hydrogens is 222 g/mol. The van der Waals surface area contributed by atoms with Crippen molar-refractivity contribution in [2.45, 2.75) is 51.8 Å². The van der Waals surface area contributed by atoms with Gasteiger partial charge in [-0.25, -0.2) is 0 Å². The normalized spacial score (nSPS) is 33.9. The second-order valence-electron chi connectivity index (χ2n) is 6.04. The van der Waals surface area contributed by atoms with Crippen molar-refractivity contribution in [2.24, 2.45) is 5.92 Å². The fourth-order valence-corrected chi connectivity index (χ4v) is 3.26. The third kappa shape index (κ3) is 2.32. The van der Waals surface area contributed by atoms with Crippen LogP contribution in [0.1, 0.15) is 39.7 Å². The molecule has 18 heavy (non-hydrogen) atoms. The Hall–Kier alpha value is -0.860. The first-order chi connectivity index (χ1) is 8.45. The van der Waals surface area contributed by atoms with E-state index in [9.17, 15) is 5.11 Å². The molecule has 0 bridgehead atoms. The van der Waals surface area contributed by atoms with Gasteiger partial charge >= 0.3 is 0 Å². The van der Waals surface area contributed by atoms with Gasteiger partial charge in [0.05, 0.1) is 5.60 Å². The summed E-state index contributed by atoms with van der Waals surface area (Å²) in [7, 11) is 0. The summed E-state index contributed by atoms with van der Waals surface area (Å²) in [6.07, 6.45) is 0.816. The number of likely N-dealkylation sites (tertiary alicyclic amines) is 1. The standard InChI is InChI=1S/C16H25NO/c1-12(2)17-11-13(3)16(18,10-14(17)4)15-8-6-5-7-9-15/h5-9,12-14,18H,10-11H2,1-4H3. The molecule has 0 aromatic heterocycles. The molecule has 2 nitrogen and oxygen atoms in total. The first-order valence-corrected chi connectivity index (χ1v) is 6.99. The van der Waals surface area contributed by atoms with E-state index in [1.54, 1.807) is 0 Å². The zero-order valence-electron chi connectivity index (χ0n) is 11.9. The molecule has 1 aromatic carbocycles. The van der Waals surface area contributed by atoms with Crippen LogP contribution in [0.5, 0.6) is 0 Å². The van der Waals surface area contributed by atoms with Crippen LogP contribution < -0.4 is 0 Å². The van der Waals surface area contributed by atoms with Crippen molar-refractivity contribution in [1.29, 1.82) is 0 Å². The SMILES string of the molecule is CC(C)N1CC(C)C(O)(c2ccccc2)CC1C. The lowest BCUT2D eigenvalue weighted by molar-refractivity contribution is -0.0974. The molecule has 0 amide bonds. The van der Waals surface area contributed by atoms with Crippen molar-refractivity contribution in [3.8, 4) is 0 Å². The Morgan fingerprint density at radius 1 is 1.22 bits per heavy atom. The second kappa shape index (κ2) is 5.02. The molecule has 0 spiro atoms. The molecule has 1 aromatic rings. The van der Waals surface area contributed by atoms with E-state index >= 15 is 0 Å². The summed E-state index contributed by atoms with van der Waals surface area (Å²) >= 11 is 0. The fourth-order valence-electron chi connectivity index (χ4n) is 3.26. The van der Waals surface area contributed by atoms with E-state index in [2.05, 4.69) is 32.6 Å². The topological polar surface area (TPSA) is 23.5 Å². The second-order valence-corrected chi connectivity index (χ2v) is 6.04. The molecule has 0 aliphatic carbocycles. The van der Waals surface area contributed by atoms with Crippen LogP contribution in [0.4, 0.5) is 0 Å². The average molecular weight is 247 g/mol. The van der Waals surface area contributed by atoms with Gasteiger partial charge in [-0.05, 0) is 32.8 Å². The van der Waals surface area contributed by atoms with Gasteiger partial charge in [0, 0.05) is 24.5 Å². The molecule has 2 heteroatoms. The molecule has 1 fully saturated rings. The molecule has 0 saturated carbocycles. The maximum absolute atomic E-state index is 11.1. The van der Waals surface area contributed by atoms with Gasteiger partial charge < -0.3 is 5.11 Å². The van der Waals surface area contributed by atoms with Crippen LogP contribution in [0.15, 0.2) is 30.3 Å². The minimum absolute atomic E-state index is 0.262. The molecule has 1 N–H and O–H groups in total. The van der Waals surface area contributed by atoms with Crippen molar-refractivity contribution >= 4 is 0 Å². The summed E-state index contributed by atoms with van der Waals surface area (Å²) in [4.78, 5) is 2.49. The molecule has 1 aliphatic heterocycles. The highest BCUT2D eigenvalue weighted by Crippen LogP contribution is 2.40. The first-order valence-electron chi connectivity index (χ1n) is 6.99. The quantitative estimate of drug-likeness (QED) is 0.868. The van der Waals surface area contributed by atoms with Crippen LogP contribution in [0, 0.1) is 5.92 Å². The minimum atomic E-state index is -0.675. The lowest BCUT2D eigenvalue weighted by atomic mass is 9.74. The van der Waals surface area contributed by atoms with Crippen LogP contribution >= 0.6 is 0 Å². The Labute approximate surface area is 111 Å². The first kappa shape index (κ1) is 13.6. The maximum atomic E-state index is 11.1. The van der Waals surface area contributed by atoms with Gasteiger partial charge in [-0.3, -0.25) is 4.90 Å². The van der Waals surface area contributed by atoms with E-state index in [1.165, 1.54) is 0 Å². The smallest absolute Gasteiger partial charge is 0.0948 e. The minimum Gasteiger partial charge on any atom is -0.385 e.